The molecular formula is C15H14N2O4. The maximum absolute atomic E-state index is 12.1. The van der Waals surface area contributed by atoms with E-state index in [1.807, 2.05) is 0 Å². The summed E-state index contributed by atoms with van der Waals surface area (Å²) in [4.78, 5) is 22.3. The summed E-state index contributed by atoms with van der Waals surface area (Å²) in [6.07, 6.45) is 0. The van der Waals surface area contributed by atoms with Crippen LogP contribution in [0.2, 0.25) is 0 Å². The Hall–Kier alpha value is -2.89. The van der Waals surface area contributed by atoms with Gasteiger partial charge in [0, 0.05) is 23.4 Å². The first-order chi connectivity index (χ1) is 9.88. The van der Waals surface area contributed by atoms with Gasteiger partial charge in [-0.3, -0.25) is 14.9 Å². The molecule has 0 atom stereocenters. The number of aromatic hydroxyl groups is 1. The minimum absolute atomic E-state index is 0.138. The number of non-ortho nitro benzene ring substituents is 1. The van der Waals surface area contributed by atoms with Crippen LogP contribution >= 0.6 is 0 Å². The van der Waals surface area contributed by atoms with E-state index < -0.39 is 10.8 Å². The number of rotatable bonds is 3. The van der Waals surface area contributed by atoms with Gasteiger partial charge in [0.05, 0.1) is 4.92 Å². The first kappa shape index (κ1) is 14.5. The molecule has 21 heavy (non-hydrogen) atoms. The Balaban J connectivity index is 2.28. The van der Waals surface area contributed by atoms with Gasteiger partial charge in [-0.25, -0.2) is 0 Å². The highest BCUT2D eigenvalue weighted by molar-refractivity contribution is 6.05. The molecule has 0 radical (unpaired) electrons. The van der Waals surface area contributed by atoms with Crippen molar-refractivity contribution in [3.63, 3.8) is 0 Å². The zero-order valence-corrected chi connectivity index (χ0v) is 11.6. The number of phenols is 1. The van der Waals surface area contributed by atoms with Crippen molar-refractivity contribution in [2.45, 2.75) is 13.8 Å². The molecule has 2 rings (SSSR count). The molecule has 1 amide bonds. The molecule has 0 saturated heterocycles. The molecule has 2 aromatic rings. The second kappa shape index (κ2) is 5.62. The van der Waals surface area contributed by atoms with Gasteiger partial charge in [-0.2, -0.15) is 0 Å². The third kappa shape index (κ3) is 3.17. The molecule has 2 N–H and O–H groups in total. The lowest BCUT2D eigenvalue weighted by Crippen LogP contribution is -2.13. The third-order valence-corrected chi connectivity index (χ3v) is 3.11. The molecule has 6 nitrogen and oxygen atoms in total. The van der Waals surface area contributed by atoms with Crippen LogP contribution in [0.3, 0.4) is 0 Å². The zero-order valence-electron chi connectivity index (χ0n) is 11.6. The monoisotopic (exact) mass is 286 g/mol. The van der Waals surface area contributed by atoms with E-state index in [-0.39, 0.29) is 17.0 Å². The molecule has 0 aliphatic heterocycles. The molecule has 6 heteroatoms. The average Bonchev–Trinajstić information content (AvgIpc) is 2.44. The third-order valence-electron chi connectivity index (χ3n) is 3.11. The number of benzene rings is 2. The van der Waals surface area contributed by atoms with Crippen LogP contribution < -0.4 is 5.32 Å². The summed E-state index contributed by atoms with van der Waals surface area (Å²) < 4.78 is 0. The molecule has 0 aliphatic carbocycles. The van der Waals surface area contributed by atoms with Crippen molar-refractivity contribution in [1.29, 1.82) is 0 Å². The largest absolute Gasteiger partial charge is 0.508 e. The van der Waals surface area contributed by atoms with E-state index in [4.69, 9.17) is 0 Å². The van der Waals surface area contributed by atoms with Gasteiger partial charge in [-0.05, 0) is 43.2 Å². The number of anilines is 1. The van der Waals surface area contributed by atoms with E-state index in [1.165, 1.54) is 24.3 Å². The highest BCUT2D eigenvalue weighted by atomic mass is 16.6. The van der Waals surface area contributed by atoms with Crippen molar-refractivity contribution in [2.24, 2.45) is 0 Å². The Morgan fingerprint density at radius 2 is 1.90 bits per heavy atom. The predicted octanol–water partition coefficient (Wildman–Crippen LogP) is 3.17. The van der Waals surface area contributed by atoms with Crippen LogP contribution in [0.5, 0.6) is 5.75 Å². The number of nitrogens with zero attached hydrogens (tertiary/aromatic N) is 1. The van der Waals surface area contributed by atoms with Crippen LogP contribution in [-0.4, -0.2) is 15.9 Å². The fraction of sp³-hybridized carbons (Fsp3) is 0.133. The van der Waals surface area contributed by atoms with Crippen molar-refractivity contribution in [2.75, 3.05) is 5.32 Å². The molecular weight excluding hydrogens is 272 g/mol. The van der Waals surface area contributed by atoms with Gasteiger partial charge >= 0.3 is 0 Å². The van der Waals surface area contributed by atoms with Gasteiger partial charge in [-0.15, -0.1) is 0 Å². The molecule has 0 spiro atoms. The fourth-order valence-corrected chi connectivity index (χ4v) is 1.89. The highest BCUT2D eigenvalue weighted by Gasteiger charge is 2.13. The summed E-state index contributed by atoms with van der Waals surface area (Å²) in [5.74, 6) is -0.285. The van der Waals surface area contributed by atoms with Crippen LogP contribution in [0, 0.1) is 24.0 Å². The predicted molar refractivity (Wildman–Crippen MR) is 78.6 cm³/mol. The number of hydrogen-bond acceptors (Lipinski definition) is 4. The van der Waals surface area contributed by atoms with E-state index in [9.17, 15) is 20.0 Å². The Labute approximate surface area is 121 Å². The van der Waals surface area contributed by atoms with Crippen LogP contribution in [-0.2, 0) is 0 Å². The van der Waals surface area contributed by atoms with Crippen LogP contribution in [0.15, 0.2) is 36.4 Å². The normalized spacial score (nSPS) is 10.2. The molecule has 0 saturated carbocycles. The van der Waals surface area contributed by atoms with Crippen molar-refractivity contribution < 1.29 is 14.8 Å². The topological polar surface area (TPSA) is 92.5 Å². The number of hydrogen-bond donors (Lipinski definition) is 2. The molecule has 0 fully saturated rings. The number of phenolic OH excluding ortho intramolecular Hbond substituents is 1. The molecule has 0 aromatic heterocycles. The van der Waals surface area contributed by atoms with E-state index in [2.05, 4.69) is 5.32 Å². The molecule has 0 unspecified atom stereocenters. The molecule has 0 heterocycles. The van der Waals surface area contributed by atoms with Crippen molar-refractivity contribution in [1.82, 2.24) is 0 Å². The number of nitro benzene ring substituents is 1. The Bertz CT molecular complexity index is 726. The number of nitrogens with one attached hydrogen (secondary N) is 1. The maximum atomic E-state index is 12.1. The van der Waals surface area contributed by atoms with E-state index in [0.29, 0.717) is 16.8 Å². The standard InChI is InChI=1S/C15H14N2O4/c1-9-7-14(18)10(2)6-13(9)16-15(19)11-4-3-5-12(8-11)17(20)21/h3-8,18H,1-2H3,(H,16,19). The van der Waals surface area contributed by atoms with Gasteiger partial charge in [0.25, 0.3) is 11.6 Å². The van der Waals surface area contributed by atoms with Crippen molar-refractivity contribution >= 4 is 17.3 Å². The second-order valence-corrected chi connectivity index (χ2v) is 4.72. The van der Waals surface area contributed by atoms with Gasteiger partial charge in [-0.1, -0.05) is 6.07 Å². The number of nitro groups is 1. The van der Waals surface area contributed by atoms with Crippen LogP contribution in [0.4, 0.5) is 11.4 Å². The highest BCUT2D eigenvalue weighted by Crippen LogP contribution is 2.25. The van der Waals surface area contributed by atoms with E-state index >= 15 is 0 Å². The summed E-state index contributed by atoms with van der Waals surface area (Å²) in [5, 5.41) is 23.0. The second-order valence-electron chi connectivity index (χ2n) is 4.72. The average molecular weight is 286 g/mol. The molecule has 0 bridgehead atoms. The zero-order chi connectivity index (χ0) is 15.6. The minimum atomic E-state index is -0.549. The molecule has 108 valence electrons. The summed E-state index contributed by atoms with van der Waals surface area (Å²) in [7, 11) is 0. The fourth-order valence-electron chi connectivity index (χ4n) is 1.89. The summed E-state index contributed by atoms with van der Waals surface area (Å²) in [6, 6.07) is 8.72. The first-order valence-electron chi connectivity index (χ1n) is 6.24. The van der Waals surface area contributed by atoms with Gasteiger partial charge in [0.1, 0.15) is 5.75 Å². The first-order valence-corrected chi connectivity index (χ1v) is 6.24. The SMILES string of the molecule is Cc1cc(NC(=O)c2cccc([N+](=O)[O-])c2)c(C)cc1O. The number of amides is 1. The van der Waals surface area contributed by atoms with Gasteiger partial charge in [0.15, 0.2) is 0 Å². The summed E-state index contributed by atoms with van der Waals surface area (Å²) in [5.41, 5.74) is 1.96. The van der Waals surface area contributed by atoms with Gasteiger partial charge in [0.2, 0.25) is 0 Å². The Morgan fingerprint density at radius 3 is 2.57 bits per heavy atom. The quantitative estimate of drug-likeness (QED) is 0.515. The van der Waals surface area contributed by atoms with Crippen molar-refractivity contribution in [3.8, 4) is 5.75 Å². The van der Waals surface area contributed by atoms with E-state index in [1.54, 1.807) is 26.0 Å². The maximum Gasteiger partial charge on any atom is 0.270 e. The lowest BCUT2D eigenvalue weighted by molar-refractivity contribution is -0.384. The minimum Gasteiger partial charge on any atom is -0.508 e. The lowest BCUT2D eigenvalue weighted by Gasteiger charge is -2.10. The number of carbonyl (C=O) groups is 1. The van der Waals surface area contributed by atoms with Gasteiger partial charge < -0.3 is 10.4 Å². The van der Waals surface area contributed by atoms with Crippen LogP contribution in [0.25, 0.3) is 0 Å². The van der Waals surface area contributed by atoms with E-state index in [0.717, 1.165) is 0 Å². The molecule has 0 aliphatic rings. The van der Waals surface area contributed by atoms with Crippen molar-refractivity contribution in [3.05, 3.63) is 63.2 Å². The lowest BCUT2D eigenvalue weighted by atomic mass is 10.1. The smallest absolute Gasteiger partial charge is 0.270 e. The Kier molecular flexibility index (Phi) is 3.89. The molecule has 2 aromatic carbocycles. The Morgan fingerprint density at radius 1 is 1.19 bits per heavy atom. The number of carbonyl (C=O) groups excluding carboxylic acids is 1. The van der Waals surface area contributed by atoms with Crippen LogP contribution in [0.1, 0.15) is 21.5 Å². The number of aryl methyl sites for hydroxylation is 2. The summed E-state index contributed by atoms with van der Waals surface area (Å²) in [6.45, 7) is 3.47. The summed E-state index contributed by atoms with van der Waals surface area (Å²) >= 11 is 0.